The van der Waals surface area contributed by atoms with Crippen LogP contribution in [-0.4, -0.2) is 60.5 Å². The van der Waals surface area contributed by atoms with Crippen LogP contribution < -0.4 is 11.1 Å². The van der Waals surface area contributed by atoms with Gasteiger partial charge in [0.1, 0.15) is 23.2 Å². The number of fused-ring (bicyclic) bond motifs is 2. The zero-order valence-electron chi connectivity index (χ0n) is 23.6. The van der Waals surface area contributed by atoms with Crippen molar-refractivity contribution >= 4 is 39.7 Å². The number of H-pyrrole nitrogens is 1. The second-order valence-corrected chi connectivity index (χ2v) is 10.4. The molecule has 2 amide bonds. The molecule has 0 spiro atoms. The van der Waals surface area contributed by atoms with Crippen LogP contribution in [0.15, 0.2) is 59.6 Å². The van der Waals surface area contributed by atoms with Gasteiger partial charge in [0.25, 0.3) is 11.8 Å². The van der Waals surface area contributed by atoms with Crippen molar-refractivity contribution in [1.29, 1.82) is 0 Å². The summed E-state index contributed by atoms with van der Waals surface area (Å²) in [5, 5.41) is 7.78. The summed E-state index contributed by atoms with van der Waals surface area (Å²) in [4.78, 5) is 43.4. The number of aromatic amines is 1. The summed E-state index contributed by atoms with van der Waals surface area (Å²) < 4.78 is 7.06. The highest BCUT2D eigenvalue weighted by molar-refractivity contribution is 5.97. The van der Waals surface area contributed by atoms with Crippen LogP contribution in [0.1, 0.15) is 43.4 Å². The lowest BCUT2D eigenvalue weighted by molar-refractivity contribution is 0.0827. The van der Waals surface area contributed by atoms with E-state index in [1.807, 2.05) is 34.9 Å². The fraction of sp³-hybridized carbons (Fsp3) is 0.200. The number of rotatable bonds is 7. The Balaban J connectivity index is 1.40. The van der Waals surface area contributed by atoms with Crippen LogP contribution in [-0.2, 0) is 13.1 Å². The molecule has 0 aliphatic rings. The van der Waals surface area contributed by atoms with Gasteiger partial charge in [-0.1, -0.05) is 17.3 Å². The Bertz CT molecular complexity index is 1960. The fourth-order valence-corrected chi connectivity index (χ4v) is 5.12. The Morgan fingerprint density at radius 3 is 2.67 bits per heavy atom. The molecule has 0 radical (unpaired) electrons. The molecule has 6 aromatic rings. The number of nitrogen functional groups attached to an aromatic ring is 1. The van der Waals surface area contributed by atoms with Gasteiger partial charge in [-0.3, -0.25) is 9.59 Å². The zero-order valence-corrected chi connectivity index (χ0v) is 23.6. The maximum atomic E-state index is 12.9. The number of nitrogens with one attached hydrogen (secondary N) is 2. The van der Waals surface area contributed by atoms with Gasteiger partial charge in [-0.15, -0.1) is 0 Å². The third-order valence-corrected chi connectivity index (χ3v) is 7.18. The first-order valence-electron chi connectivity index (χ1n) is 13.3. The van der Waals surface area contributed by atoms with Gasteiger partial charge >= 0.3 is 0 Å². The second kappa shape index (κ2) is 10.5. The molecule has 0 atom stereocenters. The monoisotopic (exact) mass is 563 g/mol. The van der Waals surface area contributed by atoms with E-state index in [2.05, 4.69) is 42.5 Å². The predicted octanol–water partition coefficient (Wildman–Crippen LogP) is 3.84. The maximum Gasteiger partial charge on any atom is 0.257 e. The molecule has 0 aliphatic carbocycles. The van der Waals surface area contributed by atoms with E-state index in [0.29, 0.717) is 46.1 Å². The van der Waals surface area contributed by atoms with Gasteiger partial charge in [0, 0.05) is 30.7 Å². The van der Waals surface area contributed by atoms with Gasteiger partial charge in [0.2, 0.25) is 0 Å². The molecule has 0 aliphatic heterocycles. The Kier molecular flexibility index (Phi) is 6.65. The molecule has 0 fully saturated rings. The lowest BCUT2D eigenvalue weighted by atomic mass is 9.98. The molecule has 0 saturated heterocycles. The minimum atomic E-state index is -0.254. The van der Waals surface area contributed by atoms with E-state index in [0.717, 1.165) is 33.3 Å². The molecular weight excluding hydrogens is 534 g/mol. The van der Waals surface area contributed by atoms with Gasteiger partial charge in [-0.05, 0) is 60.9 Å². The van der Waals surface area contributed by atoms with Crippen molar-refractivity contribution in [3.8, 4) is 11.1 Å². The van der Waals surface area contributed by atoms with Crippen LogP contribution in [0.5, 0.6) is 0 Å². The number of aryl methyl sites for hydroxylation is 2. The molecule has 12 nitrogen and oxygen atoms in total. The predicted molar refractivity (Wildman–Crippen MR) is 158 cm³/mol. The Hall–Kier alpha value is -5.52. The van der Waals surface area contributed by atoms with E-state index in [-0.39, 0.29) is 18.4 Å². The first-order valence-corrected chi connectivity index (χ1v) is 13.3. The van der Waals surface area contributed by atoms with Crippen molar-refractivity contribution in [2.24, 2.45) is 0 Å². The second-order valence-electron chi connectivity index (χ2n) is 10.4. The van der Waals surface area contributed by atoms with E-state index in [1.165, 1.54) is 6.33 Å². The number of anilines is 1. The molecule has 12 heteroatoms. The minimum absolute atomic E-state index is 0.0710. The van der Waals surface area contributed by atoms with Crippen molar-refractivity contribution < 1.29 is 14.1 Å². The first kappa shape index (κ1) is 26.7. The van der Waals surface area contributed by atoms with E-state index >= 15 is 0 Å². The number of aromatic nitrogens is 6. The SMILES string of the molecule is Cc1noc(C)c1C(=O)NCc1cc2cc(-c3cccc(C(=O)N(C)C)c3)cc(Cn3cnc4c(N)ncnc43)c2[nH]1. The van der Waals surface area contributed by atoms with E-state index in [1.54, 1.807) is 39.2 Å². The number of carbonyl (C=O) groups is 2. The van der Waals surface area contributed by atoms with Crippen LogP contribution in [0.2, 0.25) is 0 Å². The lowest BCUT2D eigenvalue weighted by Gasteiger charge is -2.13. The average molecular weight is 564 g/mol. The highest BCUT2D eigenvalue weighted by Gasteiger charge is 2.18. The number of hydrogen-bond acceptors (Lipinski definition) is 8. The molecule has 212 valence electrons. The zero-order chi connectivity index (χ0) is 29.5. The third kappa shape index (κ3) is 4.83. The van der Waals surface area contributed by atoms with Crippen LogP contribution in [0, 0.1) is 13.8 Å². The molecule has 0 bridgehead atoms. The smallest absolute Gasteiger partial charge is 0.257 e. The van der Waals surface area contributed by atoms with Crippen LogP contribution in [0.25, 0.3) is 33.2 Å². The topological polar surface area (TPSA) is 161 Å². The Morgan fingerprint density at radius 2 is 1.90 bits per heavy atom. The highest BCUT2D eigenvalue weighted by Crippen LogP contribution is 2.30. The number of benzene rings is 2. The molecule has 0 saturated carbocycles. The highest BCUT2D eigenvalue weighted by atomic mass is 16.5. The standard InChI is InChI=1S/C30H29N9O3/c1-16-24(17(2)42-37-16)29(40)32-12-23-11-21-9-20(18-6-5-7-19(8-18)30(41)38(3)4)10-22(25(21)36-23)13-39-15-35-26-27(31)33-14-34-28(26)39/h5-11,14-15,36H,12-13H2,1-4H3,(H,32,40)(H2,31,33,34). The normalized spacial score (nSPS) is 11.3. The number of hydrogen-bond donors (Lipinski definition) is 3. The lowest BCUT2D eigenvalue weighted by Crippen LogP contribution is -2.23. The molecule has 2 aromatic carbocycles. The average Bonchev–Trinajstić information content (AvgIpc) is 3.68. The van der Waals surface area contributed by atoms with Crippen LogP contribution in [0.3, 0.4) is 0 Å². The largest absolute Gasteiger partial charge is 0.382 e. The first-order chi connectivity index (χ1) is 20.2. The summed E-state index contributed by atoms with van der Waals surface area (Å²) in [5.74, 6) is 0.463. The molecule has 4 aromatic heterocycles. The van der Waals surface area contributed by atoms with Crippen molar-refractivity contribution in [2.75, 3.05) is 19.8 Å². The quantitative estimate of drug-likeness (QED) is 0.264. The molecule has 0 unspecified atom stereocenters. The molecule has 42 heavy (non-hydrogen) atoms. The Morgan fingerprint density at radius 1 is 1.07 bits per heavy atom. The molecule has 4 heterocycles. The van der Waals surface area contributed by atoms with E-state index in [4.69, 9.17) is 10.3 Å². The number of nitrogens with zero attached hydrogens (tertiary/aromatic N) is 6. The van der Waals surface area contributed by atoms with Gasteiger partial charge in [-0.2, -0.15) is 0 Å². The summed E-state index contributed by atoms with van der Waals surface area (Å²) in [6.45, 7) is 4.17. The van der Waals surface area contributed by atoms with Crippen LogP contribution in [0.4, 0.5) is 5.82 Å². The summed E-state index contributed by atoms with van der Waals surface area (Å²) in [6, 6.07) is 13.7. The van der Waals surface area contributed by atoms with Crippen molar-refractivity contribution in [3.05, 3.63) is 89.0 Å². The van der Waals surface area contributed by atoms with Gasteiger partial charge in [-0.25, -0.2) is 15.0 Å². The molecular formula is C30H29N9O3. The van der Waals surface area contributed by atoms with Crippen molar-refractivity contribution in [2.45, 2.75) is 26.9 Å². The maximum absolute atomic E-state index is 12.9. The number of imidazole rings is 1. The number of nitrogens with two attached hydrogens (primary N) is 1. The van der Waals surface area contributed by atoms with Crippen molar-refractivity contribution in [3.63, 3.8) is 0 Å². The number of amides is 2. The molecule has 6 rings (SSSR count). The van der Waals surface area contributed by atoms with Crippen LogP contribution >= 0.6 is 0 Å². The summed E-state index contributed by atoms with van der Waals surface area (Å²) in [7, 11) is 3.47. The van der Waals surface area contributed by atoms with E-state index < -0.39 is 0 Å². The Labute approximate surface area is 240 Å². The van der Waals surface area contributed by atoms with E-state index in [9.17, 15) is 9.59 Å². The minimum Gasteiger partial charge on any atom is -0.382 e. The summed E-state index contributed by atoms with van der Waals surface area (Å²) in [6.07, 6.45) is 3.11. The third-order valence-electron chi connectivity index (χ3n) is 7.18. The summed E-state index contributed by atoms with van der Waals surface area (Å²) >= 11 is 0. The van der Waals surface area contributed by atoms with Crippen molar-refractivity contribution in [1.82, 2.24) is 39.9 Å². The molecule has 4 N–H and O–H groups in total. The van der Waals surface area contributed by atoms with Gasteiger partial charge in [0.05, 0.1) is 30.6 Å². The van der Waals surface area contributed by atoms with Gasteiger partial charge in [0.15, 0.2) is 11.5 Å². The number of carbonyl (C=O) groups excluding carboxylic acids is 2. The van der Waals surface area contributed by atoms with Gasteiger partial charge < -0.3 is 30.0 Å². The summed E-state index contributed by atoms with van der Waals surface area (Å²) in [5.41, 5.74) is 13.3. The fourth-order valence-electron chi connectivity index (χ4n) is 5.12.